The molecule has 0 spiro atoms. The van der Waals surface area contributed by atoms with Crippen LogP contribution in [0.1, 0.15) is 30.5 Å². The predicted octanol–water partition coefficient (Wildman–Crippen LogP) is 3.49. The second-order valence-electron chi connectivity index (χ2n) is 3.84. The Morgan fingerprint density at radius 3 is 2.65 bits per heavy atom. The van der Waals surface area contributed by atoms with Gasteiger partial charge >= 0.3 is 0 Å². The summed E-state index contributed by atoms with van der Waals surface area (Å²) in [5.41, 5.74) is 1.05. The molecule has 0 radical (unpaired) electrons. The lowest BCUT2D eigenvalue weighted by atomic mass is 10.3. The Hall–Kier alpha value is -1.01. The van der Waals surface area contributed by atoms with Crippen LogP contribution in [0.5, 0.6) is 0 Å². The molecule has 2 heterocycles. The summed E-state index contributed by atoms with van der Waals surface area (Å²) in [5, 5.41) is 14.6. The van der Waals surface area contributed by atoms with Crippen LogP contribution >= 0.6 is 22.7 Å². The Kier molecular flexibility index (Phi) is 4.06. The fourth-order valence-corrected chi connectivity index (χ4v) is 3.30. The number of anilines is 1. The molecule has 0 aromatic carbocycles. The van der Waals surface area contributed by atoms with Crippen molar-refractivity contribution in [2.24, 2.45) is 0 Å². The first-order valence-electron chi connectivity index (χ1n) is 5.72. The van der Waals surface area contributed by atoms with E-state index in [4.69, 9.17) is 0 Å². The first-order valence-corrected chi connectivity index (χ1v) is 7.35. The summed E-state index contributed by atoms with van der Waals surface area (Å²) in [5.74, 6) is 0. The van der Waals surface area contributed by atoms with Crippen molar-refractivity contribution in [2.45, 2.75) is 33.6 Å². The molecule has 0 atom stereocenters. The molecule has 4 nitrogen and oxygen atoms in total. The monoisotopic (exact) mass is 268 g/mol. The topological polar surface area (TPSA) is 50.7 Å². The van der Waals surface area contributed by atoms with Gasteiger partial charge in [-0.15, -0.1) is 21.5 Å². The summed E-state index contributed by atoms with van der Waals surface area (Å²) >= 11 is 3.28. The maximum absolute atomic E-state index is 4.41. The van der Waals surface area contributed by atoms with Crippen LogP contribution in [0.4, 0.5) is 5.13 Å². The molecule has 92 valence electrons. The quantitative estimate of drug-likeness (QED) is 0.843. The maximum atomic E-state index is 4.41. The molecule has 2 aromatic rings. The van der Waals surface area contributed by atoms with Crippen LogP contribution < -0.4 is 5.32 Å². The highest BCUT2D eigenvalue weighted by molar-refractivity contribution is 7.23. The lowest BCUT2D eigenvalue weighted by Crippen LogP contribution is -1.99. The Morgan fingerprint density at radius 2 is 2.00 bits per heavy atom. The number of nitrogens with zero attached hydrogens (tertiary/aromatic N) is 3. The number of thiazole rings is 1. The Bertz CT molecular complexity index is 489. The maximum Gasteiger partial charge on any atom is 0.206 e. The Labute approximate surface area is 109 Å². The van der Waals surface area contributed by atoms with Crippen LogP contribution in [0.15, 0.2) is 0 Å². The molecule has 0 saturated heterocycles. The molecule has 0 saturated carbocycles. The summed E-state index contributed by atoms with van der Waals surface area (Å²) in [4.78, 5) is 5.55. The van der Waals surface area contributed by atoms with Gasteiger partial charge in [0.2, 0.25) is 5.13 Å². The van der Waals surface area contributed by atoms with E-state index in [-0.39, 0.29) is 0 Å². The molecule has 2 rings (SSSR count). The minimum absolute atomic E-state index is 0.902. The van der Waals surface area contributed by atoms with Crippen molar-refractivity contribution in [3.05, 3.63) is 10.7 Å². The number of hydrogen-bond acceptors (Lipinski definition) is 6. The zero-order valence-corrected chi connectivity index (χ0v) is 11.9. The SMILES string of the molecule is CCCCNc1nnc(-c2sc(C)nc2C)s1. The molecular formula is C11H16N4S2. The molecule has 1 N–H and O–H groups in total. The van der Waals surface area contributed by atoms with Gasteiger partial charge in [-0.1, -0.05) is 24.7 Å². The molecule has 0 amide bonds. The van der Waals surface area contributed by atoms with Crippen molar-refractivity contribution in [3.8, 4) is 9.88 Å². The van der Waals surface area contributed by atoms with E-state index in [9.17, 15) is 0 Å². The van der Waals surface area contributed by atoms with Gasteiger partial charge < -0.3 is 5.32 Å². The van der Waals surface area contributed by atoms with E-state index in [0.29, 0.717) is 0 Å². The highest BCUT2D eigenvalue weighted by Crippen LogP contribution is 2.33. The lowest BCUT2D eigenvalue weighted by molar-refractivity contribution is 0.831. The Morgan fingerprint density at radius 1 is 1.18 bits per heavy atom. The number of unbranched alkanes of at least 4 members (excludes halogenated alkanes) is 1. The number of nitrogens with one attached hydrogen (secondary N) is 1. The van der Waals surface area contributed by atoms with Gasteiger partial charge in [-0.3, -0.25) is 0 Å². The van der Waals surface area contributed by atoms with Gasteiger partial charge in [-0.05, 0) is 20.3 Å². The van der Waals surface area contributed by atoms with Crippen molar-refractivity contribution >= 4 is 27.8 Å². The van der Waals surface area contributed by atoms with Crippen LogP contribution in [0, 0.1) is 13.8 Å². The van der Waals surface area contributed by atoms with E-state index in [0.717, 1.165) is 38.7 Å². The minimum atomic E-state index is 0.902. The first kappa shape index (κ1) is 12.4. The standard InChI is InChI=1S/C11H16N4S2/c1-4-5-6-12-11-15-14-10(17-11)9-7(2)13-8(3)16-9/h4-6H2,1-3H3,(H,12,15). The number of hydrogen-bond donors (Lipinski definition) is 1. The van der Waals surface area contributed by atoms with Gasteiger partial charge in [0.1, 0.15) is 0 Å². The largest absolute Gasteiger partial charge is 0.360 e. The van der Waals surface area contributed by atoms with E-state index >= 15 is 0 Å². The number of rotatable bonds is 5. The molecule has 0 bridgehead atoms. The molecule has 17 heavy (non-hydrogen) atoms. The van der Waals surface area contributed by atoms with Gasteiger partial charge in [0.25, 0.3) is 0 Å². The van der Waals surface area contributed by atoms with Gasteiger partial charge in [0.05, 0.1) is 15.6 Å². The predicted molar refractivity (Wildman–Crippen MR) is 73.9 cm³/mol. The fourth-order valence-electron chi connectivity index (χ4n) is 1.49. The number of aryl methyl sites for hydroxylation is 2. The molecule has 2 aromatic heterocycles. The summed E-state index contributed by atoms with van der Waals surface area (Å²) in [6, 6.07) is 0. The van der Waals surface area contributed by atoms with E-state index in [1.54, 1.807) is 22.7 Å². The van der Waals surface area contributed by atoms with Gasteiger partial charge in [-0.2, -0.15) is 0 Å². The first-order chi connectivity index (χ1) is 8.20. The molecular weight excluding hydrogens is 252 g/mol. The van der Waals surface area contributed by atoms with Crippen LogP contribution in [0.25, 0.3) is 9.88 Å². The average molecular weight is 268 g/mol. The molecule has 0 aliphatic heterocycles. The van der Waals surface area contributed by atoms with Gasteiger partial charge in [0, 0.05) is 6.54 Å². The highest BCUT2D eigenvalue weighted by Gasteiger charge is 2.12. The van der Waals surface area contributed by atoms with Crippen LogP contribution in [0.2, 0.25) is 0 Å². The third-order valence-corrected chi connectivity index (χ3v) is 4.44. The molecule has 0 fully saturated rings. The van der Waals surface area contributed by atoms with Crippen LogP contribution in [-0.2, 0) is 0 Å². The molecule has 0 aliphatic rings. The average Bonchev–Trinajstić information content (AvgIpc) is 2.86. The van der Waals surface area contributed by atoms with Crippen molar-refractivity contribution in [1.82, 2.24) is 15.2 Å². The fraction of sp³-hybridized carbons (Fsp3) is 0.545. The smallest absolute Gasteiger partial charge is 0.206 e. The van der Waals surface area contributed by atoms with Crippen molar-refractivity contribution in [1.29, 1.82) is 0 Å². The zero-order valence-electron chi connectivity index (χ0n) is 10.3. The van der Waals surface area contributed by atoms with Crippen molar-refractivity contribution < 1.29 is 0 Å². The van der Waals surface area contributed by atoms with Crippen molar-refractivity contribution in [3.63, 3.8) is 0 Å². The van der Waals surface area contributed by atoms with Crippen LogP contribution in [-0.4, -0.2) is 21.7 Å². The normalized spacial score (nSPS) is 10.8. The van der Waals surface area contributed by atoms with E-state index in [1.807, 2.05) is 13.8 Å². The molecule has 6 heteroatoms. The van der Waals surface area contributed by atoms with Crippen molar-refractivity contribution in [2.75, 3.05) is 11.9 Å². The summed E-state index contributed by atoms with van der Waals surface area (Å²) in [7, 11) is 0. The second-order valence-corrected chi connectivity index (χ2v) is 6.02. The Balaban J connectivity index is 2.10. The van der Waals surface area contributed by atoms with E-state index in [1.165, 1.54) is 6.42 Å². The summed E-state index contributed by atoms with van der Waals surface area (Å²) < 4.78 is 0. The molecule has 0 unspecified atom stereocenters. The third-order valence-electron chi connectivity index (χ3n) is 2.33. The van der Waals surface area contributed by atoms with E-state index < -0.39 is 0 Å². The second kappa shape index (κ2) is 5.55. The molecule has 0 aliphatic carbocycles. The van der Waals surface area contributed by atoms with Gasteiger partial charge in [-0.25, -0.2) is 4.98 Å². The summed E-state index contributed by atoms with van der Waals surface area (Å²) in [6.45, 7) is 7.18. The van der Waals surface area contributed by atoms with Gasteiger partial charge in [0.15, 0.2) is 5.01 Å². The zero-order chi connectivity index (χ0) is 12.3. The minimum Gasteiger partial charge on any atom is -0.360 e. The third kappa shape index (κ3) is 3.01. The lowest BCUT2D eigenvalue weighted by Gasteiger charge is -1.97. The highest BCUT2D eigenvalue weighted by atomic mass is 32.1. The van der Waals surface area contributed by atoms with E-state index in [2.05, 4.69) is 27.4 Å². The number of aromatic nitrogens is 3. The summed E-state index contributed by atoms with van der Waals surface area (Å²) in [6.07, 6.45) is 2.35. The van der Waals surface area contributed by atoms with Crippen LogP contribution in [0.3, 0.4) is 0 Å².